The summed E-state index contributed by atoms with van der Waals surface area (Å²) in [6.45, 7) is 0.370. The van der Waals surface area contributed by atoms with Crippen molar-refractivity contribution in [1.29, 1.82) is 0 Å². The number of hydrogen-bond donors (Lipinski definition) is 1. The first-order chi connectivity index (χ1) is 8.72. The largest absolute Gasteiger partial charge is 0.392 e. The average molecular weight is 246 g/mol. The van der Waals surface area contributed by atoms with E-state index in [1.165, 1.54) is 6.07 Å². The van der Waals surface area contributed by atoms with Crippen LogP contribution in [0.1, 0.15) is 11.1 Å². The summed E-state index contributed by atoms with van der Waals surface area (Å²) >= 11 is 0. The quantitative estimate of drug-likeness (QED) is 0.899. The van der Waals surface area contributed by atoms with Crippen LogP contribution in [-0.2, 0) is 13.2 Å². The van der Waals surface area contributed by atoms with E-state index in [4.69, 9.17) is 0 Å². The molecule has 2 aromatic rings. The molecule has 1 aromatic heterocycles. The minimum absolute atomic E-state index is 0.0786. The molecule has 3 nitrogen and oxygen atoms in total. The second-order valence-corrected chi connectivity index (χ2v) is 4.11. The number of halogens is 1. The van der Waals surface area contributed by atoms with Gasteiger partial charge in [0.05, 0.1) is 6.61 Å². The number of anilines is 1. The Kier molecular flexibility index (Phi) is 3.89. The summed E-state index contributed by atoms with van der Waals surface area (Å²) < 4.78 is 13.6. The van der Waals surface area contributed by atoms with E-state index in [2.05, 4.69) is 4.98 Å². The number of rotatable bonds is 4. The first kappa shape index (κ1) is 12.5. The number of hydrogen-bond acceptors (Lipinski definition) is 3. The molecule has 0 unspecified atom stereocenters. The Morgan fingerprint density at radius 1 is 1.22 bits per heavy atom. The zero-order valence-electron chi connectivity index (χ0n) is 10.2. The molecule has 0 saturated heterocycles. The first-order valence-corrected chi connectivity index (χ1v) is 5.70. The van der Waals surface area contributed by atoms with Crippen LogP contribution < -0.4 is 4.90 Å². The highest BCUT2D eigenvalue weighted by Crippen LogP contribution is 2.20. The van der Waals surface area contributed by atoms with Crippen molar-refractivity contribution in [1.82, 2.24) is 4.98 Å². The zero-order valence-corrected chi connectivity index (χ0v) is 10.2. The van der Waals surface area contributed by atoms with Crippen LogP contribution in [0.3, 0.4) is 0 Å². The van der Waals surface area contributed by atoms with E-state index in [1.807, 2.05) is 24.1 Å². The van der Waals surface area contributed by atoms with Gasteiger partial charge in [-0.1, -0.05) is 18.2 Å². The molecule has 0 spiro atoms. The van der Waals surface area contributed by atoms with Crippen molar-refractivity contribution in [3.63, 3.8) is 0 Å². The summed E-state index contributed by atoms with van der Waals surface area (Å²) in [4.78, 5) is 5.86. The molecule has 0 aliphatic heterocycles. The molecule has 18 heavy (non-hydrogen) atoms. The Morgan fingerprint density at radius 3 is 2.72 bits per heavy atom. The maximum Gasteiger partial charge on any atom is 0.128 e. The minimum Gasteiger partial charge on any atom is -0.392 e. The average Bonchev–Trinajstić information content (AvgIpc) is 2.41. The summed E-state index contributed by atoms with van der Waals surface area (Å²) in [5.41, 5.74) is 2.22. The molecule has 1 heterocycles. The Hall–Kier alpha value is -1.94. The van der Waals surface area contributed by atoms with Crippen LogP contribution in [0.4, 0.5) is 10.1 Å². The van der Waals surface area contributed by atoms with E-state index in [0.29, 0.717) is 12.1 Å². The number of benzene rings is 1. The highest BCUT2D eigenvalue weighted by atomic mass is 19.1. The number of pyridine rings is 1. The lowest BCUT2D eigenvalue weighted by Crippen LogP contribution is -2.19. The number of aromatic nitrogens is 1. The van der Waals surface area contributed by atoms with Crippen LogP contribution in [0, 0.1) is 5.82 Å². The number of aliphatic hydroxyl groups is 1. The SMILES string of the molecule is CN(Cc1ccccc1F)c1ccncc1CO. The van der Waals surface area contributed by atoms with Crippen molar-refractivity contribution in [3.8, 4) is 0 Å². The van der Waals surface area contributed by atoms with Crippen LogP contribution in [0.2, 0.25) is 0 Å². The van der Waals surface area contributed by atoms with Gasteiger partial charge in [-0.3, -0.25) is 4.98 Å². The van der Waals surface area contributed by atoms with E-state index < -0.39 is 0 Å². The van der Waals surface area contributed by atoms with Crippen LogP contribution in [-0.4, -0.2) is 17.1 Å². The van der Waals surface area contributed by atoms with E-state index >= 15 is 0 Å². The molecule has 0 bridgehead atoms. The first-order valence-electron chi connectivity index (χ1n) is 5.70. The van der Waals surface area contributed by atoms with Crippen molar-refractivity contribution < 1.29 is 9.50 Å². The lowest BCUT2D eigenvalue weighted by molar-refractivity contribution is 0.281. The molecule has 0 fully saturated rings. The molecule has 0 atom stereocenters. The second-order valence-electron chi connectivity index (χ2n) is 4.11. The Bertz CT molecular complexity index is 531. The van der Waals surface area contributed by atoms with Gasteiger partial charge in [0.15, 0.2) is 0 Å². The molecular formula is C14H15FN2O. The topological polar surface area (TPSA) is 36.4 Å². The fraction of sp³-hybridized carbons (Fsp3) is 0.214. The van der Waals surface area contributed by atoms with E-state index in [-0.39, 0.29) is 12.4 Å². The van der Waals surface area contributed by atoms with Crippen molar-refractivity contribution in [2.75, 3.05) is 11.9 Å². The summed E-state index contributed by atoms with van der Waals surface area (Å²) in [6.07, 6.45) is 3.28. The molecule has 94 valence electrons. The predicted octanol–water partition coefficient (Wildman–Crippen LogP) is 2.35. The maximum absolute atomic E-state index is 13.6. The fourth-order valence-corrected chi connectivity index (χ4v) is 1.88. The van der Waals surface area contributed by atoms with Gasteiger partial charge >= 0.3 is 0 Å². The molecular weight excluding hydrogens is 231 g/mol. The molecule has 0 aliphatic rings. The van der Waals surface area contributed by atoms with Crippen molar-refractivity contribution in [2.45, 2.75) is 13.2 Å². The van der Waals surface area contributed by atoms with Crippen LogP contribution in [0.15, 0.2) is 42.7 Å². The molecule has 2 rings (SSSR count). The lowest BCUT2D eigenvalue weighted by Gasteiger charge is -2.21. The smallest absolute Gasteiger partial charge is 0.128 e. The van der Waals surface area contributed by atoms with E-state index in [9.17, 15) is 9.50 Å². The number of aliphatic hydroxyl groups excluding tert-OH is 1. The monoisotopic (exact) mass is 246 g/mol. The van der Waals surface area contributed by atoms with Gasteiger partial charge in [-0.2, -0.15) is 0 Å². The van der Waals surface area contributed by atoms with Gasteiger partial charge < -0.3 is 10.0 Å². The molecule has 4 heteroatoms. The van der Waals surface area contributed by atoms with Crippen LogP contribution in [0.5, 0.6) is 0 Å². The Labute approximate surface area is 106 Å². The second kappa shape index (κ2) is 5.60. The molecule has 1 aromatic carbocycles. The summed E-state index contributed by atoms with van der Waals surface area (Å²) in [5, 5.41) is 9.25. The number of nitrogens with zero attached hydrogens (tertiary/aromatic N) is 2. The van der Waals surface area contributed by atoms with Gasteiger partial charge in [0.1, 0.15) is 5.82 Å². The van der Waals surface area contributed by atoms with Gasteiger partial charge in [0, 0.05) is 42.8 Å². The molecule has 1 N–H and O–H groups in total. The van der Waals surface area contributed by atoms with Crippen molar-refractivity contribution in [2.24, 2.45) is 0 Å². The highest BCUT2D eigenvalue weighted by Gasteiger charge is 2.09. The van der Waals surface area contributed by atoms with Gasteiger partial charge in [-0.05, 0) is 12.1 Å². The van der Waals surface area contributed by atoms with Crippen molar-refractivity contribution >= 4 is 5.69 Å². The van der Waals surface area contributed by atoms with Crippen LogP contribution >= 0.6 is 0 Å². The Morgan fingerprint density at radius 2 is 2.00 bits per heavy atom. The third-order valence-corrected chi connectivity index (χ3v) is 2.82. The predicted molar refractivity (Wildman–Crippen MR) is 68.7 cm³/mol. The zero-order chi connectivity index (χ0) is 13.0. The lowest BCUT2D eigenvalue weighted by atomic mass is 10.1. The van der Waals surface area contributed by atoms with Crippen LogP contribution in [0.25, 0.3) is 0 Å². The van der Waals surface area contributed by atoms with Gasteiger partial charge in [-0.25, -0.2) is 4.39 Å². The summed E-state index contributed by atoms with van der Waals surface area (Å²) in [6, 6.07) is 8.50. The third kappa shape index (κ3) is 2.65. The van der Waals surface area contributed by atoms with Crippen molar-refractivity contribution in [3.05, 3.63) is 59.7 Å². The Balaban J connectivity index is 2.22. The van der Waals surface area contributed by atoms with Gasteiger partial charge in [0.25, 0.3) is 0 Å². The molecule has 0 amide bonds. The summed E-state index contributed by atoms with van der Waals surface area (Å²) in [7, 11) is 1.86. The van der Waals surface area contributed by atoms with Gasteiger partial charge in [0.2, 0.25) is 0 Å². The van der Waals surface area contributed by atoms with E-state index in [0.717, 1.165) is 11.3 Å². The highest BCUT2D eigenvalue weighted by molar-refractivity contribution is 5.51. The molecule has 0 saturated carbocycles. The maximum atomic E-state index is 13.6. The standard InChI is InChI=1S/C14H15FN2O/c1-17(9-11-4-2-3-5-13(11)15)14-6-7-16-8-12(14)10-18/h2-8,18H,9-10H2,1H3. The normalized spacial score (nSPS) is 10.4. The minimum atomic E-state index is -0.219. The molecule has 0 aliphatic carbocycles. The molecule has 0 radical (unpaired) electrons. The van der Waals surface area contributed by atoms with Gasteiger partial charge in [-0.15, -0.1) is 0 Å². The summed E-state index contributed by atoms with van der Waals surface area (Å²) in [5.74, 6) is -0.219. The third-order valence-electron chi connectivity index (χ3n) is 2.82. The fourth-order valence-electron chi connectivity index (χ4n) is 1.88. The van der Waals surface area contributed by atoms with E-state index in [1.54, 1.807) is 24.5 Å².